The molecule has 7 nitrogen and oxygen atoms in total. The zero-order valence-corrected chi connectivity index (χ0v) is 15.4. The quantitative estimate of drug-likeness (QED) is 0.643. The van der Waals surface area contributed by atoms with Gasteiger partial charge in [-0.2, -0.15) is 20.1 Å². The van der Waals surface area contributed by atoms with Crippen LogP contribution in [-0.2, 0) is 0 Å². The lowest BCUT2D eigenvalue weighted by molar-refractivity contribution is 0.838. The van der Waals surface area contributed by atoms with Crippen LogP contribution in [0, 0.1) is 0 Å². The van der Waals surface area contributed by atoms with Gasteiger partial charge in [0, 0.05) is 31.2 Å². The van der Waals surface area contributed by atoms with Gasteiger partial charge in [-0.05, 0) is 43.4 Å². The number of nitrogens with zero attached hydrogens (tertiary/aromatic N) is 6. The van der Waals surface area contributed by atoms with Crippen LogP contribution in [0.1, 0.15) is 31.2 Å². The number of benzene rings is 1. The van der Waals surface area contributed by atoms with Gasteiger partial charge in [0.25, 0.3) is 0 Å². The molecule has 0 unspecified atom stereocenters. The van der Waals surface area contributed by atoms with E-state index in [9.17, 15) is 0 Å². The third-order valence-corrected chi connectivity index (χ3v) is 4.85. The average molecular weight is 372 g/mol. The fourth-order valence-corrected chi connectivity index (χ4v) is 3.47. The molecule has 1 N–H and O–H groups in total. The Bertz CT molecular complexity index is 749. The summed E-state index contributed by atoms with van der Waals surface area (Å²) < 4.78 is 0. The molecular formula is C18H22ClN7. The summed E-state index contributed by atoms with van der Waals surface area (Å²) in [6.07, 6.45) is 6.43. The molecule has 0 saturated carbocycles. The molecule has 1 aromatic heterocycles. The summed E-state index contributed by atoms with van der Waals surface area (Å²) in [6, 6.07) is 7.52. The second-order valence-corrected chi connectivity index (χ2v) is 7.01. The van der Waals surface area contributed by atoms with Crippen molar-refractivity contribution < 1.29 is 0 Å². The second kappa shape index (κ2) is 7.86. The van der Waals surface area contributed by atoms with Gasteiger partial charge in [0.1, 0.15) is 0 Å². The zero-order valence-electron chi connectivity index (χ0n) is 14.6. The highest BCUT2D eigenvalue weighted by Gasteiger charge is 2.21. The minimum Gasteiger partial charge on any atom is -0.341 e. The molecule has 2 aliphatic heterocycles. The molecule has 2 fully saturated rings. The van der Waals surface area contributed by atoms with Crippen LogP contribution in [0.25, 0.3) is 0 Å². The number of nitrogens with one attached hydrogen (secondary N) is 1. The maximum atomic E-state index is 6.00. The molecule has 4 rings (SSSR count). The van der Waals surface area contributed by atoms with E-state index in [1.165, 1.54) is 25.7 Å². The third kappa shape index (κ3) is 4.04. The summed E-state index contributed by atoms with van der Waals surface area (Å²) in [5.74, 6) is 1.95. The summed E-state index contributed by atoms with van der Waals surface area (Å²) in [7, 11) is 0. The van der Waals surface area contributed by atoms with Crippen molar-refractivity contribution in [3.05, 3.63) is 34.9 Å². The molecule has 1 aromatic carbocycles. The van der Waals surface area contributed by atoms with E-state index in [0.29, 0.717) is 11.0 Å². The van der Waals surface area contributed by atoms with Gasteiger partial charge < -0.3 is 9.80 Å². The Morgan fingerprint density at radius 3 is 2.12 bits per heavy atom. The molecule has 0 amide bonds. The van der Waals surface area contributed by atoms with Crippen LogP contribution >= 0.6 is 11.6 Å². The van der Waals surface area contributed by atoms with E-state index in [-0.39, 0.29) is 0 Å². The van der Waals surface area contributed by atoms with Crippen molar-refractivity contribution in [2.75, 3.05) is 41.4 Å². The molecule has 0 bridgehead atoms. The highest BCUT2D eigenvalue weighted by Crippen LogP contribution is 2.22. The molecule has 8 heteroatoms. The van der Waals surface area contributed by atoms with Gasteiger partial charge in [-0.25, -0.2) is 5.43 Å². The van der Waals surface area contributed by atoms with Crippen LogP contribution in [0.4, 0.5) is 17.8 Å². The molecule has 2 aliphatic rings. The number of rotatable bonds is 5. The third-order valence-electron chi connectivity index (χ3n) is 4.62. The van der Waals surface area contributed by atoms with Crippen LogP contribution in [0.3, 0.4) is 0 Å². The first-order valence-electron chi connectivity index (χ1n) is 9.08. The van der Waals surface area contributed by atoms with E-state index in [4.69, 9.17) is 16.6 Å². The van der Waals surface area contributed by atoms with Gasteiger partial charge in [-0.15, -0.1) is 0 Å². The molecule has 2 aromatic rings. The summed E-state index contributed by atoms with van der Waals surface area (Å²) in [5, 5.41) is 4.95. The fraction of sp³-hybridized carbons (Fsp3) is 0.444. The average Bonchev–Trinajstić information content (AvgIpc) is 3.36. The lowest BCUT2D eigenvalue weighted by Gasteiger charge is -2.20. The molecule has 26 heavy (non-hydrogen) atoms. The Morgan fingerprint density at radius 2 is 1.54 bits per heavy atom. The van der Waals surface area contributed by atoms with Crippen molar-refractivity contribution in [1.82, 2.24) is 15.0 Å². The molecule has 0 radical (unpaired) electrons. The predicted molar refractivity (Wildman–Crippen MR) is 105 cm³/mol. The van der Waals surface area contributed by atoms with Gasteiger partial charge in [0.15, 0.2) is 0 Å². The first-order valence-corrected chi connectivity index (χ1v) is 9.46. The van der Waals surface area contributed by atoms with E-state index >= 15 is 0 Å². The molecule has 0 spiro atoms. The Hall–Kier alpha value is -2.41. The van der Waals surface area contributed by atoms with Crippen LogP contribution in [-0.4, -0.2) is 47.3 Å². The molecule has 136 valence electrons. The van der Waals surface area contributed by atoms with Crippen LogP contribution in [0.2, 0.25) is 5.02 Å². The Balaban J connectivity index is 1.55. The van der Waals surface area contributed by atoms with E-state index in [0.717, 1.165) is 43.6 Å². The molecular weight excluding hydrogens is 350 g/mol. The van der Waals surface area contributed by atoms with Crippen LogP contribution < -0.4 is 15.2 Å². The topological polar surface area (TPSA) is 69.5 Å². The van der Waals surface area contributed by atoms with Crippen molar-refractivity contribution in [3.8, 4) is 0 Å². The van der Waals surface area contributed by atoms with Crippen molar-refractivity contribution in [1.29, 1.82) is 0 Å². The molecule has 2 saturated heterocycles. The summed E-state index contributed by atoms with van der Waals surface area (Å²) >= 11 is 6.00. The Kier molecular flexibility index (Phi) is 5.15. The number of aromatic nitrogens is 3. The van der Waals surface area contributed by atoms with Crippen molar-refractivity contribution in [3.63, 3.8) is 0 Å². The first kappa shape index (κ1) is 17.0. The summed E-state index contributed by atoms with van der Waals surface area (Å²) in [5.41, 5.74) is 3.87. The number of anilines is 3. The van der Waals surface area contributed by atoms with E-state index in [1.807, 2.05) is 24.3 Å². The van der Waals surface area contributed by atoms with Crippen molar-refractivity contribution in [2.45, 2.75) is 25.7 Å². The normalized spacial score (nSPS) is 17.4. The fourth-order valence-electron chi connectivity index (χ4n) is 3.27. The first-order chi connectivity index (χ1) is 12.8. The maximum Gasteiger partial charge on any atom is 0.250 e. The number of halogens is 1. The minimum atomic E-state index is 0.474. The van der Waals surface area contributed by atoms with Crippen LogP contribution in [0.15, 0.2) is 29.4 Å². The van der Waals surface area contributed by atoms with Gasteiger partial charge in [0.2, 0.25) is 17.8 Å². The van der Waals surface area contributed by atoms with E-state index in [2.05, 4.69) is 30.3 Å². The molecule has 0 atom stereocenters. The number of hydrogen-bond acceptors (Lipinski definition) is 7. The standard InChI is InChI=1S/C18H22ClN7/c19-15-7-5-6-14(12-15)13-20-24-16-21-17(25-8-1-2-9-25)23-18(22-16)26-10-3-4-11-26/h5-7,12-13H,1-4,8-11H2,(H,21,22,23,24). The summed E-state index contributed by atoms with van der Waals surface area (Å²) in [6.45, 7) is 3.98. The smallest absolute Gasteiger partial charge is 0.250 e. The van der Waals surface area contributed by atoms with Gasteiger partial charge in [-0.3, -0.25) is 0 Å². The second-order valence-electron chi connectivity index (χ2n) is 6.57. The molecule has 3 heterocycles. The van der Waals surface area contributed by atoms with Gasteiger partial charge in [-0.1, -0.05) is 23.7 Å². The van der Waals surface area contributed by atoms with E-state index in [1.54, 1.807) is 6.21 Å². The lowest BCUT2D eigenvalue weighted by atomic mass is 10.2. The van der Waals surface area contributed by atoms with Crippen molar-refractivity contribution >= 4 is 35.7 Å². The number of hydrogen-bond donors (Lipinski definition) is 1. The largest absolute Gasteiger partial charge is 0.341 e. The monoisotopic (exact) mass is 371 g/mol. The maximum absolute atomic E-state index is 6.00. The van der Waals surface area contributed by atoms with Crippen LogP contribution in [0.5, 0.6) is 0 Å². The summed E-state index contributed by atoms with van der Waals surface area (Å²) in [4.78, 5) is 18.2. The SMILES string of the molecule is Clc1cccc(C=NNc2nc(N3CCCC3)nc(N3CCCC3)n2)c1. The Morgan fingerprint density at radius 1 is 0.923 bits per heavy atom. The van der Waals surface area contributed by atoms with Gasteiger partial charge in [0.05, 0.1) is 6.21 Å². The minimum absolute atomic E-state index is 0.474. The Labute approximate surface area is 158 Å². The highest BCUT2D eigenvalue weighted by molar-refractivity contribution is 6.30. The highest BCUT2D eigenvalue weighted by atomic mass is 35.5. The van der Waals surface area contributed by atoms with Crippen molar-refractivity contribution in [2.24, 2.45) is 5.10 Å². The van der Waals surface area contributed by atoms with Gasteiger partial charge >= 0.3 is 0 Å². The predicted octanol–water partition coefficient (Wildman–Crippen LogP) is 3.17. The lowest BCUT2D eigenvalue weighted by Crippen LogP contribution is -2.25. The molecule has 0 aliphatic carbocycles. The van der Waals surface area contributed by atoms with E-state index < -0.39 is 0 Å². The number of hydrazone groups is 1. The zero-order chi connectivity index (χ0) is 17.8.